The lowest BCUT2D eigenvalue weighted by Crippen LogP contribution is -2.52. The highest BCUT2D eigenvalue weighted by atomic mass is 16.5. The summed E-state index contributed by atoms with van der Waals surface area (Å²) in [5.74, 6) is 0.264. The molecule has 4 heteroatoms. The summed E-state index contributed by atoms with van der Waals surface area (Å²) in [4.78, 5) is 14.3. The lowest BCUT2D eigenvalue weighted by atomic mass is 10.0. The molecule has 0 aromatic rings. The Labute approximate surface area is 90.8 Å². The molecule has 1 unspecified atom stereocenters. The fraction of sp³-hybridized carbons (Fsp3) is 0.909. The van der Waals surface area contributed by atoms with Crippen LogP contribution in [0.3, 0.4) is 0 Å². The van der Waals surface area contributed by atoms with Gasteiger partial charge in [-0.1, -0.05) is 6.92 Å². The van der Waals surface area contributed by atoms with Gasteiger partial charge in [0.25, 0.3) is 0 Å². The molecule has 1 amide bonds. The van der Waals surface area contributed by atoms with Gasteiger partial charge in [0.1, 0.15) is 0 Å². The molecule has 0 aromatic carbocycles. The molecular formula is C11H20N2O2. The molecule has 4 nitrogen and oxygen atoms in total. The minimum atomic E-state index is -0.204. The van der Waals surface area contributed by atoms with Crippen LogP contribution in [0.5, 0.6) is 0 Å². The summed E-state index contributed by atoms with van der Waals surface area (Å²) in [6, 6.07) is 0.260. The molecule has 15 heavy (non-hydrogen) atoms. The van der Waals surface area contributed by atoms with E-state index in [4.69, 9.17) is 10.5 Å². The van der Waals surface area contributed by atoms with Gasteiger partial charge in [0.2, 0.25) is 5.91 Å². The van der Waals surface area contributed by atoms with E-state index in [1.165, 1.54) is 0 Å². The van der Waals surface area contributed by atoms with Gasteiger partial charge in [0, 0.05) is 13.1 Å². The molecule has 1 atom stereocenters. The maximum absolute atomic E-state index is 12.3. The van der Waals surface area contributed by atoms with E-state index in [1.807, 2.05) is 4.90 Å². The third-order valence-electron chi connectivity index (χ3n) is 3.66. The van der Waals surface area contributed by atoms with Crippen molar-refractivity contribution >= 4 is 5.91 Å². The van der Waals surface area contributed by atoms with Crippen molar-refractivity contribution in [3.63, 3.8) is 0 Å². The van der Waals surface area contributed by atoms with Crippen molar-refractivity contribution in [3.05, 3.63) is 0 Å². The van der Waals surface area contributed by atoms with E-state index >= 15 is 0 Å². The SMILES string of the molecule is CCC1COCCN1C(=O)C1(CN)CC1. The van der Waals surface area contributed by atoms with E-state index in [0.29, 0.717) is 19.8 Å². The van der Waals surface area contributed by atoms with Crippen LogP contribution in [0, 0.1) is 5.41 Å². The van der Waals surface area contributed by atoms with Crippen LogP contribution in [0.1, 0.15) is 26.2 Å². The minimum absolute atomic E-state index is 0.204. The van der Waals surface area contributed by atoms with Crippen molar-refractivity contribution in [3.8, 4) is 0 Å². The Morgan fingerprint density at radius 1 is 1.60 bits per heavy atom. The normalized spacial score (nSPS) is 28.9. The van der Waals surface area contributed by atoms with Crippen LogP contribution >= 0.6 is 0 Å². The van der Waals surface area contributed by atoms with Gasteiger partial charge in [-0.2, -0.15) is 0 Å². The van der Waals surface area contributed by atoms with Crippen LogP contribution in [-0.2, 0) is 9.53 Å². The summed E-state index contributed by atoms with van der Waals surface area (Å²) in [7, 11) is 0. The summed E-state index contributed by atoms with van der Waals surface area (Å²) in [6.07, 6.45) is 2.90. The lowest BCUT2D eigenvalue weighted by molar-refractivity contribution is -0.145. The van der Waals surface area contributed by atoms with Crippen LogP contribution in [0.25, 0.3) is 0 Å². The molecule has 1 aliphatic heterocycles. The average Bonchev–Trinajstić information content (AvgIpc) is 3.09. The van der Waals surface area contributed by atoms with E-state index in [0.717, 1.165) is 25.8 Å². The zero-order chi connectivity index (χ0) is 10.9. The second-order valence-corrected chi connectivity index (χ2v) is 4.62. The molecule has 2 N–H and O–H groups in total. The molecule has 0 spiro atoms. The summed E-state index contributed by atoms with van der Waals surface area (Å²) in [5, 5.41) is 0. The molecule has 0 bridgehead atoms. The number of nitrogens with two attached hydrogens (primary N) is 1. The van der Waals surface area contributed by atoms with E-state index in [9.17, 15) is 4.79 Å². The van der Waals surface area contributed by atoms with Gasteiger partial charge < -0.3 is 15.4 Å². The highest BCUT2D eigenvalue weighted by Gasteiger charge is 2.51. The van der Waals surface area contributed by atoms with Crippen LogP contribution in [-0.4, -0.2) is 43.2 Å². The van der Waals surface area contributed by atoms with Crippen molar-refractivity contribution in [2.75, 3.05) is 26.3 Å². The second kappa shape index (κ2) is 4.10. The average molecular weight is 212 g/mol. The standard InChI is InChI=1S/C11H20N2O2/c1-2-9-7-15-6-5-13(9)10(14)11(8-12)3-4-11/h9H,2-8,12H2,1H3. The van der Waals surface area contributed by atoms with Crippen LogP contribution in [0.2, 0.25) is 0 Å². The van der Waals surface area contributed by atoms with Crippen LogP contribution < -0.4 is 5.73 Å². The van der Waals surface area contributed by atoms with E-state index in [-0.39, 0.29) is 17.4 Å². The van der Waals surface area contributed by atoms with Gasteiger partial charge in [0.05, 0.1) is 24.7 Å². The fourth-order valence-electron chi connectivity index (χ4n) is 2.22. The summed E-state index contributed by atoms with van der Waals surface area (Å²) in [6.45, 7) is 4.69. The summed E-state index contributed by atoms with van der Waals surface area (Å²) >= 11 is 0. The molecule has 2 fully saturated rings. The fourth-order valence-corrected chi connectivity index (χ4v) is 2.22. The van der Waals surface area contributed by atoms with E-state index < -0.39 is 0 Å². The van der Waals surface area contributed by atoms with Crippen LogP contribution in [0.15, 0.2) is 0 Å². The number of carbonyl (C=O) groups is 1. The quantitative estimate of drug-likeness (QED) is 0.735. The lowest BCUT2D eigenvalue weighted by Gasteiger charge is -2.37. The minimum Gasteiger partial charge on any atom is -0.377 e. The predicted octanol–water partition coefficient (Wildman–Crippen LogP) is 0.363. The summed E-state index contributed by atoms with van der Waals surface area (Å²) < 4.78 is 5.39. The molecule has 1 heterocycles. The first-order valence-corrected chi connectivity index (χ1v) is 5.82. The van der Waals surface area contributed by atoms with Gasteiger partial charge in [0.15, 0.2) is 0 Å². The summed E-state index contributed by atoms with van der Waals surface area (Å²) in [5.41, 5.74) is 5.48. The number of amides is 1. The second-order valence-electron chi connectivity index (χ2n) is 4.62. The predicted molar refractivity (Wildman–Crippen MR) is 57.3 cm³/mol. The monoisotopic (exact) mass is 212 g/mol. The molecule has 2 aliphatic rings. The third kappa shape index (κ3) is 1.88. The highest BCUT2D eigenvalue weighted by Crippen LogP contribution is 2.46. The Morgan fingerprint density at radius 2 is 2.33 bits per heavy atom. The Bertz CT molecular complexity index is 251. The van der Waals surface area contributed by atoms with Crippen LogP contribution in [0.4, 0.5) is 0 Å². The number of rotatable bonds is 3. The first-order chi connectivity index (χ1) is 7.23. The largest absolute Gasteiger partial charge is 0.377 e. The number of hydrogen-bond donors (Lipinski definition) is 1. The third-order valence-corrected chi connectivity index (χ3v) is 3.66. The van der Waals surface area contributed by atoms with Gasteiger partial charge in [-0.25, -0.2) is 0 Å². The number of carbonyl (C=O) groups excluding carboxylic acids is 1. The van der Waals surface area contributed by atoms with Gasteiger partial charge >= 0.3 is 0 Å². The van der Waals surface area contributed by atoms with Gasteiger partial charge in [-0.05, 0) is 19.3 Å². The van der Waals surface area contributed by atoms with Gasteiger partial charge in [-0.15, -0.1) is 0 Å². The highest BCUT2D eigenvalue weighted by molar-refractivity contribution is 5.86. The maximum Gasteiger partial charge on any atom is 0.230 e. The number of ether oxygens (including phenoxy) is 1. The van der Waals surface area contributed by atoms with E-state index in [1.54, 1.807) is 0 Å². The molecule has 1 saturated carbocycles. The Balaban J connectivity index is 2.04. The van der Waals surface area contributed by atoms with E-state index in [2.05, 4.69) is 6.92 Å². The van der Waals surface area contributed by atoms with Crippen molar-refractivity contribution in [2.24, 2.45) is 11.1 Å². The van der Waals surface area contributed by atoms with Gasteiger partial charge in [-0.3, -0.25) is 4.79 Å². The molecule has 1 aliphatic carbocycles. The molecule has 0 radical (unpaired) electrons. The number of nitrogens with zero attached hydrogens (tertiary/aromatic N) is 1. The Hall–Kier alpha value is -0.610. The zero-order valence-corrected chi connectivity index (χ0v) is 9.37. The van der Waals surface area contributed by atoms with Crippen molar-refractivity contribution in [1.82, 2.24) is 4.90 Å². The zero-order valence-electron chi connectivity index (χ0n) is 9.37. The number of morpholine rings is 1. The maximum atomic E-state index is 12.3. The molecular weight excluding hydrogens is 192 g/mol. The molecule has 1 saturated heterocycles. The Kier molecular flexibility index (Phi) is 2.98. The first kappa shape index (κ1) is 10.9. The Morgan fingerprint density at radius 3 is 2.87 bits per heavy atom. The van der Waals surface area contributed by atoms with Crippen molar-refractivity contribution in [1.29, 1.82) is 0 Å². The topological polar surface area (TPSA) is 55.6 Å². The molecule has 2 rings (SSSR count). The van der Waals surface area contributed by atoms with Crippen molar-refractivity contribution in [2.45, 2.75) is 32.2 Å². The molecule has 0 aromatic heterocycles. The smallest absolute Gasteiger partial charge is 0.230 e. The van der Waals surface area contributed by atoms with Crippen molar-refractivity contribution < 1.29 is 9.53 Å². The first-order valence-electron chi connectivity index (χ1n) is 5.82. The number of hydrogen-bond acceptors (Lipinski definition) is 3. The molecule has 86 valence electrons.